The van der Waals surface area contributed by atoms with Crippen molar-refractivity contribution in [1.29, 1.82) is 0 Å². The highest BCUT2D eigenvalue weighted by atomic mass is 16.3. The van der Waals surface area contributed by atoms with Gasteiger partial charge in [0.1, 0.15) is 5.78 Å². The lowest BCUT2D eigenvalue weighted by molar-refractivity contribution is -0.128. The van der Waals surface area contributed by atoms with Crippen LogP contribution in [0.5, 0.6) is 0 Å². The average molecular weight is 331 g/mol. The molecule has 0 radical (unpaired) electrons. The summed E-state index contributed by atoms with van der Waals surface area (Å²) in [5, 5.41) is 10.1. The van der Waals surface area contributed by atoms with E-state index in [-0.39, 0.29) is 17.4 Å². The smallest absolute Gasteiger partial charge is 0.133 e. The summed E-state index contributed by atoms with van der Waals surface area (Å²) in [7, 11) is 0. The van der Waals surface area contributed by atoms with Crippen molar-refractivity contribution in [2.24, 2.45) is 40.4 Å². The van der Waals surface area contributed by atoms with E-state index in [1.165, 1.54) is 25.7 Å². The van der Waals surface area contributed by atoms with Gasteiger partial charge in [-0.25, -0.2) is 0 Å². The van der Waals surface area contributed by atoms with Crippen molar-refractivity contribution in [3.8, 4) is 0 Å². The molecule has 3 fully saturated rings. The Morgan fingerprint density at radius 1 is 1.21 bits per heavy atom. The van der Waals surface area contributed by atoms with Crippen molar-refractivity contribution in [2.45, 2.75) is 78.7 Å². The molecule has 4 aliphatic carbocycles. The molecular formula is C22H34O2. The standard InChI is InChI=1S/C22H34O2/c1-13-11-19-17-6-5-15-12-16(24)7-9-21(15,3)18(17)8-10-22(19,4)20(13)14(2)23/h5,13,16-20,24H,6-12H2,1-4H3/t13?,16?,17-,18+,19+,20-,21+,22+/m1/s1. The highest BCUT2D eigenvalue weighted by Gasteiger charge is 2.61. The minimum Gasteiger partial charge on any atom is -0.393 e. The Kier molecular flexibility index (Phi) is 3.81. The van der Waals surface area contributed by atoms with Crippen LogP contribution in [0.25, 0.3) is 0 Å². The number of ketones is 1. The summed E-state index contributed by atoms with van der Waals surface area (Å²) >= 11 is 0. The summed E-state index contributed by atoms with van der Waals surface area (Å²) in [6, 6.07) is 0. The molecule has 0 bridgehead atoms. The summed E-state index contributed by atoms with van der Waals surface area (Å²) in [5.74, 6) is 3.46. The van der Waals surface area contributed by atoms with E-state index in [9.17, 15) is 9.90 Å². The zero-order chi connectivity index (χ0) is 17.3. The molecule has 0 saturated heterocycles. The van der Waals surface area contributed by atoms with Crippen molar-refractivity contribution in [2.75, 3.05) is 0 Å². The number of aliphatic hydroxyl groups excluding tert-OH is 1. The third-order valence-electron chi connectivity index (χ3n) is 8.86. The van der Waals surface area contributed by atoms with Gasteiger partial charge in [-0.2, -0.15) is 0 Å². The van der Waals surface area contributed by atoms with E-state index in [1.807, 2.05) is 6.92 Å². The van der Waals surface area contributed by atoms with Crippen LogP contribution in [0.3, 0.4) is 0 Å². The van der Waals surface area contributed by atoms with Gasteiger partial charge in [-0.15, -0.1) is 0 Å². The second kappa shape index (κ2) is 5.43. The summed E-state index contributed by atoms with van der Waals surface area (Å²) in [4.78, 5) is 12.4. The number of hydrogen-bond acceptors (Lipinski definition) is 2. The van der Waals surface area contributed by atoms with Crippen LogP contribution in [-0.2, 0) is 4.79 Å². The Morgan fingerprint density at radius 3 is 2.67 bits per heavy atom. The second-order valence-corrected chi connectivity index (χ2v) is 10.0. The Bertz CT molecular complexity index is 579. The molecule has 4 aliphatic rings. The van der Waals surface area contributed by atoms with Gasteiger partial charge in [0.2, 0.25) is 0 Å². The van der Waals surface area contributed by atoms with Crippen LogP contribution >= 0.6 is 0 Å². The van der Waals surface area contributed by atoms with E-state index >= 15 is 0 Å². The number of aliphatic hydroxyl groups is 1. The lowest BCUT2D eigenvalue weighted by Gasteiger charge is -2.57. The van der Waals surface area contributed by atoms with Gasteiger partial charge < -0.3 is 5.11 Å². The Labute approximate surface area is 147 Å². The third kappa shape index (κ3) is 2.14. The van der Waals surface area contributed by atoms with Crippen LogP contribution in [0.4, 0.5) is 0 Å². The molecule has 2 nitrogen and oxygen atoms in total. The van der Waals surface area contributed by atoms with Gasteiger partial charge >= 0.3 is 0 Å². The highest BCUT2D eigenvalue weighted by molar-refractivity contribution is 5.80. The number of rotatable bonds is 1. The molecule has 24 heavy (non-hydrogen) atoms. The fraction of sp³-hybridized carbons (Fsp3) is 0.864. The zero-order valence-electron chi connectivity index (χ0n) is 15.8. The molecule has 0 spiro atoms. The monoisotopic (exact) mass is 330 g/mol. The van der Waals surface area contributed by atoms with E-state index < -0.39 is 0 Å². The molecule has 8 atom stereocenters. The van der Waals surface area contributed by atoms with Gasteiger partial charge in [-0.05, 0) is 86.4 Å². The maximum absolute atomic E-state index is 12.4. The van der Waals surface area contributed by atoms with Crippen LogP contribution in [0.15, 0.2) is 11.6 Å². The van der Waals surface area contributed by atoms with E-state index in [2.05, 4.69) is 26.8 Å². The number of Topliss-reactive ketones (excluding diaryl/α,β-unsaturated/α-hetero) is 1. The van der Waals surface area contributed by atoms with Crippen molar-refractivity contribution in [3.05, 3.63) is 11.6 Å². The van der Waals surface area contributed by atoms with Gasteiger partial charge in [0, 0.05) is 5.92 Å². The predicted molar refractivity (Wildman–Crippen MR) is 96.4 cm³/mol. The first-order chi connectivity index (χ1) is 11.3. The number of hydrogen-bond donors (Lipinski definition) is 1. The minimum absolute atomic E-state index is 0.122. The molecule has 3 saturated carbocycles. The van der Waals surface area contributed by atoms with Crippen LogP contribution in [-0.4, -0.2) is 17.0 Å². The maximum Gasteiger partial charge on any atom is 0.133 e. The zero-order valence-corrected chi connectivity index (χ0v) is 15.8. The Balaban J connectivity index is 1.68. The topological polar surface area (TPSA) is 37.3 Å². The quantitative estimate of drug-likeness (QED) is 0.704. The molecule has 0 aromatic heterocycles. The van der Waals surface area contributed by atoms with Gasteiger partial charge in [0.25, 0.3) is 0 Å². The largest absolute Gasteiger partial charge is 0.393 e. The van der Waals surface area contributed by atoms with Crippen LogP contribution < -0.4 is 0 Å². The number of carbonyl (C=O) groups is 1. The molecule has 2 unspecified atom stereocenters. The van der Waals surface area contributed by atoms with Crippen LogP contribution in [0.1, 0.15) is 72.6 Å². The minimum atomic E-state index is -0.122. The van der Waals surface area contributed by atoms with E-state index in [4.69, 9.17) is 0 Å². The molecule has 0 aromatic rings. The van der Waals surface area contributed by atoms with Crippen molar-refractivity contribution >= 4 is 5.78 Å². The normalized spacial score (nSPS) is 53.6. The summed E-state index contributed by atoms with van der Waals surface area (Å²) in [6.45, 7) is 9.04. The predicted octanol–water partition coefficient (Wildman–Crippen LogP) is 4.76. The molecular weight excluding hydrogens is 296 g/mol. The molecule has 0 aromatic carbocycles. The first kappa shape index (κ1) is 16.8. The lowest BCUT2D eigenvalue weighted by Crippen LogP contribution is -2.51. The SMILES string of the molecule is CC(=O)[C@H]1C(C)C[C@H]2[C@@H]3CC=C4CC(O)CC[C@]4(C)[C@H]3CC[C@]12C. The summed E-state index contributed by atoms with van der Waals surface area (Å²) < 4.78 is 0. The average Bonchev–Trinajstić information content (AvgIpc) is 2.78. The van der Waals surface area contributed by atoms with E-state index in [1.54, 1.807) is 5.57 Å². The van der Waals surface area contributed by atoms with Crippen molar-refractivity contribution in [1.82, 2.24) is 0 Å². The van der Waals surface area contributed by atoms with E-state index in [0.29, 0.717) is 23.0 Å². The molecule has 1 N–H and O–H groups in total. The summed E-state index contributed by atoms with van der Waals surface area (Å²) in [5.41, 5.74) is 2.07. The number of fused-ring (bicyclic) bond motifs is 5. The fourth-order valence-electron chi connectivity index (χ4n) is 7.87. The molecule has 134 valence electrons. The molecule has 0 aliphatic heterocycles. The summed E-state index contributed by atoms with van der Waals surface area (Å²) in [6.07, 6.45) is 10.3. The number of carbonyl (C=O) groups excluding carboxylic acids is 1. The van der Waals surface area contributed by atoms with Gasteiger partial charge in [0.05, 0.1) is 6.10 Å². The molecule has 0 amide bonds. The van der Waals surface area contributed by atoms with Crippen LogP contribution in [0, 0.1) is 40.4 Å². The van der Waals surface area contributed by atoms with Gasteiger partial charge in [-0.3, -0.25) is 4.79 Å². The third-order valence-corrected chi connectivity index (χ3v) is 8.86. The Hall–Kier alpha value is -0.630. The van der Waals surface area contributed by atoms with Crippen molar-refractivity contribution in [3.63, 3.8) is 0 Å². The molecule has 4 rings (SSSR count). The van der Waals surface area contributed by atoms with E-state index in [0.717, 1.165) is 31.1 Å². The van der Waals surface area contributed by atoms with Gasteiger partial charge in [-0.1, -0.05) is 32.4 Å². The highest BCUT2D eigenvalue weighted by Crippen LogP contribution is 2.67. The van der Waals surface area contributed by atoms with Crippen molar-refractivity contribution < 1.29 is 9.90 Å². The Morgan fingerprint density at radius 2 is 1.96 bits per heavy atom. The lowest BCUT2D eigenvalue weighted by atomic mass is 9.47. The second-order valence-electron chi connectivity index (χ2n) is 10.0. The molecule has 2 heteroatoms. The van der Waals surface area contributed by atoms with Crippen LogP contribution in [0.2, 0.25) is 0 Å². The molecule has 0 heterocycles. The first-order valence-corrected chi connectivity index (χ1v) is 10.2. The van der Waals surface area contributed by atoms with Gasteiger partial charge in [0.15, 0.2) is 0 Å². The number of allylic oxidation sites excluding steroid dienone is 1. The first-order valence-electron chi connectivity index (χ1n) is 10.2. The maximum atomic E-state index is 12.4. The fourth-order valence-corrected chi connectivity index (χ4v) is 7.87.